The first-order chi connectivity index (χ1) is 14.6. The highest BCUT2D eigenvalue weighted by Crippen LogP contribution is 2.52. The zero-order valence-electron chi connectivity index (χ0n) is 16.1. The zero-order valence-corrected chi connectivity index (χ0v) is 16.1. The fourth-order valence-corrected chi connectivity index (χ4v) is 5.66. The molecule has 4 aliphatic rings. The maximum atomic E-state index is 12.6. The first-order valence-electron chi connectivity index (χ1n) is 10.2. The Balaban J connectivity index is 1.16. The Labute approximate surface area is 173 Å². The second kappa shape index (κ2) is 6.29. The molecule has 2 bridgehead atoms. The van der Waals surface area contributed by atoms with Crippen LogP contribution in [0.2, 0.25) is 0 Å². The standard InChI is InChI=1S/C24H19NO5/c26-22-20-13-9-10-14(11-13)21(20)23(27)25(22)30-24(28)29-12-19-17-7-3-1-5-15(17)16-6-2-4-8-18(16)19/h1-10,13-14,19-21H,11-12H2/t13-,14-,20-,21+/m0/s1. The third-order valence-corrected chi connectivity index (χ3v) is 6.93. The summed E-state index contributed by atoms with van der Waals surface area (Å²) in [4.78, 5) is 42.7. The number of nitrogens with zero attached hydrogens (tertiary/aromatic N) is 1. The van der Waals surface area contributed by atoms with E-state index in [-0.39, 0.29) is 24.4 Å². The van der Waals surface area contributed by atoms with Crippen LogP contribution in [0.25, 0.3) is 11.1 Å². The molecule has 2 fully saturated rings. The van der Waals surface area contributed by atoms with E-state index >= 15 is 0 Å². The molecule has 3 aliphatic carbocycles. The lowest BCUT2D eigenvalue weighted by atomic mass is 9.85. The van der Waals surface area contributed by atoms with Crippen LogP contribution in [-0.4, -0.2) is 29.6 Å². The molecule has 30 heavy (non-hydrogen) atoms. The van der Waals surface area contributed by atoms with Crippen LogP contribution in [-0.2, 0) is 19.2 Å². The maximum Gasteiger partial charge on any atom is 0.533 e. The second-order valence-corrected chi connectivity index (χ2v) is 8.35. The molecule has 0 N–H and O–H groups in total. The Kier molecular flexibility index (Phi) is 3.66. The van der Waals surface area contributed by atoms with Gasteiger partial charge < -0.3 is 4.74 Å². The monoisotopic (exact) mass is 401 g/mol. The smallest absolute Gasteiger partial charge is 0.432 e. The molecule has 6 nitrogen and oxygen atoms in total. The van der Waals surface area contributed by atoms with Crippen LogP contribution in [0.15, 0.2) is 60.7 Å². The average Bonchev–Trinajstić information content (AvgIpc) is 3.51. The molecule has 150 valence electrons. The third kappa shape index (κ3) is 2.33. The first-order valence-corrected chi connectivity index (χ1v) is 10.2. The zero-order chi connectivity index (χ0) is 20.4. The molecule has 6 rings (SSSR count). The summed E-state index contributed by atoms with van der Waals surface area (Å²) in [5.41, 5.74) is 4.40. The molecule has 1 saturated carbocycles. The van der Waals surface area contributed by atoms with Crippen molar-refractivity contribution in [3.05, 3.63) is 71.8 Å². The highest BCUT2D eigenvalue weighted by molar-refractivity contribution is 6.05. The Bertz CT molecular complexity index is 1050. The Morgan fingerprint density at radius 3 is 1.97 bits per heavy atom. The molecule has 4 atom stereocenters. The minimum Gasteiger partial charge on any atom is -0.432 e. The van der Waals surface area contributed by atoms with Crippen LogP contribution in [0.5, 0.6) is 0 Å². The van der Waals surface area contributed by atoms with Gasteiger partial charge in [-0.05, 0) is 40.5 Å². The van der Waals surface area contributed by atoms with Crippen LogP contribution >= 0.6 is 0 Å². The van der Waals surface area contributed by atoms with Crippen molar-refractivity contribution in [3.8, 4) is 11.1 Å². The Hall–Kier alpha value is -3.41. The summed E-state index contributed by atoms with van der Waals surface area (Å²) >= 11 is 0. The summed E-state index contributed by atoms with van der Waals surface area (Å²) in [7, 11) is 0. The van der Waals surface area contributed by atoms with Crippen LogP contribution in [0.3, 0.4) is 0 Å². The summed E-state index contributed by atoms with van der Waals surface area (Å²) in [5.74, 6) is -1.68. The molecule has 2 amide bonds. The van der Waals surface area contributed by atoms with Crippen molar-refractivity contribution in [1.29, 1.82) is 0 Å². The lowest BCUT2D eigenvalue weighted by Gasteiger charge is -2.17. The molecule has 0 spiro atoms. The first kappa shape index (κ1) is 17.4. The molecule has 0 unspecified atom stereocenters. The van der Waals surface area contributed by atoms with Gasteiger partial charge in [0.05, 0.1) is 11.8 Å². The van der Waals surface area contributed by atoms with Gasteiger partial charge in [-0.3, -0.25) is 14.4 Å². The Morgan fingerprint density at radius 1 is 0.867 bits per heavy atom. The number of amides is 2. The van der Waals surface area contributed by atoms with E-state index in [9.17, 15) is 14.4 Å². The van der Waals surface area contributed by atoms with Gasteiger partial charge in [-0.1, -0.05) is 65.7 Å². The van der Waals surface area contributed by atoms with Gasteiger partial charge in [0, 0.05) is 5.92 Å². The van der Waals surface area contributed by atoms with Gasteiger partial charge in [0.15, 0.2) is 0 Å². The number of rotatable bonds is 3. The number of carbonyl (C=O) groups is 3. The van der Waals surface area contributed by atoms with Crippen molar-refractivity contribution in [2.75, 3.05) is 6.61 Å². The van der Waals surface area contributed by atoms with Crippen molar-refractivity contribution >= 4 is 18.0 Å². The number of ether oxygens (including phenoxy) is 1. The highest BCUT2D eigenvalue weighted by Gasteiger charge is 2.61. The van der Waals surface area contributed by atoms with Crippen molar-refractivity contribution in [2.45, 2.75) is 12.3 Å². The molecule has 1 heterocycles. The van der Waals surface area contributed by atoms with Crippen molar-refractivity contribution in [2.24, 2.45) is 23.7 Å². The predicted molar refractivity (Wildman–Crippen MR) is 106 cm³/mol. The number of fused-ring (bicyclic) bond motifs is 8. The number of hydrogen-bond donors (Lipinski definition) is 0. The number of allylic oxidation sites excluding steroid dienone is 2. The van der Waals surface area contributed by atoms with Gasteiger partial charge in [-0.2, -0.15) is 0 Å². The van der Waals surface area contributed by atoms with Crippen LogP contribution in [0.1, 0.15) is 23.5 Å². The van der Waals surface area contributed by atoms with Gasteiger partial charge in [0.1, 0.15) is 6.61 Å². The number of imide groups is 1. The van der Waals surface area contributed by atoms with Crippen molar-refractivity contribution in [1.82, 2.24) is 5.06 Å². The van der Waals surface area contributed by atoms with E-state index in [1.165, 1.54) is 0 Å². The molecule has 6 heteroatoms. The van der Waals surface area contributed by atoms with Crippen LogP contribution in [0.4, 0.5) is 4.79 Å². The number of benzene rings is 2. The van der Waals surface area contributed by atoms with Crippen molar-refractivity contribution < 1.29 is 24.0 Å². The molecule has 1 saturated heterocycles. The molecule has 0 aromatic heterocycles. The Morgan fingerprint density at radius 2 is 1.40 bits per heavy atom. The van der Waals surface area contributed by atoms with E-state index in [0.29, 0.717) is 5.06 Å². The van der Waals surface area contributed by atoms with E-state index in [1.807, 2.05) is 48.6 Å². The van der Waals surface area contributed by atoms with Gasteiger partial charge >= 0.3 is 6.16 Å². The average molecular weight is 401 g/mol. The van der Waals surface area contributed by atoms with E-state index in [1.54, 1.807) is 0 Å². The topological polar surface area (TPSA) is 72.9 Å². The number of hydroxylamine groups is 2. The van der Waals surface area contributed by atoms with Gasteiger partial charge in [0.25, 0.3) is 11.8 Å². The second-order valence-electron chi connectivity index (χ2n) is 8.35. The highest BCUT2D eigenvalue weighted by atomic mass is 16.8. The van der Waals surface area contributed by atoms with E-state index < -0.39 is 29.8 Å². The maximum absolute atomic E-state index is 12.6. The molecule has 2 aromatic carbocycles. The fourth-order valence-electron chi connectivity index (χ4n) is 5.66. The fraction of sp³-hybridized carbons (Fsp3) is 0.292. The minimum atomic E-state index is -1.03. The molecular formula is C24H19NO5. The van der Waals surface area contributed by atoms with Gasteiger partial charge in [-0.25, -0.2) is 4.79 Å². The van der Waals surface area contributed by atoms with Crippen LogP contribution in [0, 0.1) is 23.7 Å². The summed E-state index contributed by atoms with van der Waals surface area (Å²) in [6.45, 7) is 0.0722. The quantitative estimate of drug-likeness (QED) is 0.446. The summed E-state index contributed by atoms with van der Waals surface area (Å²) < 4.78 is 5.37. The molecule has 0 radical (unpaired) electrons. The van der Waals surface area contributed by atoms with Gasteiger partial charge in [-0.15, -0.1) is 0 Å². The van der Waals surface area contributed by atoms with Crippen LogP contribution < -0.4 is 0 Å². The normalized spacial score (nSPS) is 27.9. The van der Waals surface area contributed by atoms with E-state index in [0.717, 1.165) is 28.7 Å². The SMILES string of the molecule is O=C(OCC1c2ccccc2-c2ccccc21)ON1C(=O)[C@@H]2[C@H](C1=O)[C@H]1C=C[C@H]2C1. The number of carbonyl (C=O) groups excluding carboxylic acids is 3. The molecule has 2 aromatic rings. The summed E-state index contributed by atoms with van der Waals surface area (Å²) in [6, 6.07) is 16.0. The minimum absolute atomic E-state index is 0.0626. The number of hydrogen-bond acceptors (Lipinski definition) is 5. The van der Waals surface area contributed by atoms with Crippen molar-refractivity contribution in [3.63, 3.8) is 0 Å². The van der Waals surface area contributed by atoms with E-state index in [2.05, 4.69) is 12.1 Å². The predicted octanol–water partition coefficient (Wildman–Crippen LogP) is 3.67. The summed E-state index contributed by atoms with van der Waals surface area (Å²) in [5, 5.41) is 0.625. The van der Waals surface area contributed by atoms with Gasteiger partial charge in [0.2, 0.25) is 0 Å². The lowest BCUT2D eigenvalue weighted by Crippen LogP contribution is -2.35. The van der Waals surface area contributed by atoms with E-state index in [4.69, 9.17) is 9.57 Å². The summed E-state index contributed by atoms with van der Waals surface area (Å²) in [6.07, 6.45) is 3.78. The molecular weight excluding hydrogens is 382 g/mol. The molecule has 1 aliphatic heterocycles. The lowest BCUT2D eigenvalue weighted by molar-refractivity contribution is -0.179. The largest absolute Gasteiger partial charge is 0.533 e. The third-order valence-electron chi connectivity index (χ3n) is 6.93.